The number of nitrogens with zero attached hydrogens (tertiary/aromatic N) is 2. The molecule has 2 aliphatic heterocycles. The average Bonchev–Trinajstić information content (AvgIpc) is 2.97. The number of carboxylic acid groups (broad SMARTS) is 1. The molecule has 0 aromatic heterocycles. The van der Waals surface area contributed by atoms with Gasteiger partial charge >= 0.3 is 5.97 Å². The van der Waals surface area contributed by atoms with Crippen molar-refractivity contribution in [1.82, 2.24) is 9.80 Å². The number of carbonyl (C=O) groups excluding carboxylic acids is 2. The van der Waals surface area contributed by atoms with Crippen molar-refractivity contribution in [3.63, 3.8) is 0 Å². The Labute approximate surface area is 145 Å². The number of benzene rings is 1. The second-order valence-corrected chi connectivity index (χ2v) is 6.70. The highest BCUT2D eigenvalue weighted by Crippen LogP contribution is 2.27. The minimum Gasteiger partial charge on any atom is -0.481 e. The Kier molecular flexibility index (Phi) is 4.76. The average molecular weight is 351 g/mol. The molecule has 128 valence electrons. The number of halogens is 1. The van der Waals surface area contributed by atoms with E-state index >= 15 is 0 Å². The number of aliphatic carboxylic acids is 1. The fourth-order valence-corrected chi connectivity index (χ4v) is 3.65. The molecule has 0 aliphatic carbocycles. The molecule has 1 atom stereocenters. The van der Waals surface area contributed by atoms with E-state index in [0.29, 0.717) is 36.5 Å². The van der Waals surface area contributed by atoms with Crippen LogP contribution in [0.15, 0.2) is 24.3 Å². The smallest absolute Gasteiger partial charge is 0.308 e. The molecule has 0 saturated carbocycles. The van der Waals surface area contributed by atoms with Crippen molar-refractivity contribution in [1.29, 1.82) is 0 Å². The predicted octanol–water partition coefficient (Wildman–Crippen LogP) is 1.88. The van der Waals surface area contributed by atoms with Crippen LogP contribution in [0.25, 0.3) is 0 Å². The molecule has 7 heteroatoms. The van der Waals surface area contributed by atoms with Crippen molar-refractivity contribution in [2.75, 3.05) is 19.6 Å². The van der Waals surface area contributed by atoms with Gasteiger partial charge in [-0.15, -0.1) is 0 Å². The summed E-state index contributed by atoms with van der Waals surface area (Å²) in [5, 5.41) is 9.50. The van der Waals surface area contributed by atoms with E-state index in [0.717, 1.165) is 0 Å². The fourth-order valence-electron chi connectivity index (χ4n) is 3.44. The van der Waals surface area contributed by atoms with Gasteiger partial charge in [0.15, 0.2) is 0 Å². The summed E-state index contributed by atoms with van der Waals surface area (Å²) >= 11 is 6.08. The van der Waals surface area contributed by atoms with Gasteiger partial charge in [0.25, 0.3) is 5.91 Å². The Morgan fingerprint density at radius 2 is 1.83 bits per heavy atom. The van der Waals surface area contributed by atoms with Crippen LogP contribution in [0.1, 0.15) is 29.6 Å². The van der Waals surface area contributed by atoms with Crippen molar-refractivity contribution in [2.24, 2.45) is 5.92 Å². The summed E-state index contributed by atoms with van der Waals surface area (Å²) in [6, 6.07) is 6.97. The Morgan fingerprint density at radius 1 is 1.17 bits per heavy atom. The first-order chi connectivity index (χ1) is 11.5. The van der Waals surface area contributed by atoms with Crippen molar-refractivity contribution < 1.29 is 19.5 Å². The van der Waals surface area contributed by atoms with Crippen LogP contribution < -0.4 is 0 Å². The molecular formula is C17H19ClN2O4. The number of carboxylic acids is 1. The van der Waals surface area contributed by atoms with Crippen molar-refractivity contribution in [2.45, 2.75) is 25.3 Å². The highest BCUT2D eigenvalue weighted by atomic mass is 35.5. The second-order valence-electron chi connectivity index (χ2n) is 6.29. The maximum absolute atomic E-state index is 12.5. The standard InChI is InChI=1S/C17H19ClN2O4/c18-14-4-2-1-3-13(14)16(22)19-7-5-12(6-8-19)20-10-11(17(23)24)9-15(20)21/h1-4,11-12H,5-10H2,(H,23,24). The fraction of sp³-hybridized carbons (Fsp3) is 0.471. The number of carbonyl (C=O) groups is 3. The molecule has 2 aliphatic rings. The molecule has 1 N–H and O–H groups in total. The van der Waals surface area contributed by atoms with Gasteiger partial charge < -0.3 is 14.9 Å². The Hall–Kier alpha value is -2.08. The molecule has 6 nitrogen and oxygen atoms in total. The number of hydrogen-bond donors (Lipinski definition) is 1. The van der Waals surface area contributed by atoms with Gasteiger partial charge in [0.2, 0.25) is 5.91 Å². The lowest BCUT2D eigenvalue weighted by molar-refractivity contribution is -0.141. The maximum atomic E-state index is 12.5. The number of amides is 2. The summed E-state index contributed by atoms with van der Waals surface area (Å²) < 4.78 is 0. The molecule has 2 fully saturated rings. The van der Waals surface area contributed by atoms with Crippen LogP contribution in [-0.2, 0) is 9.59 Å². The van der Waals surface area contributed by atoms with Gasteiger partial charge in [-0.1, -0.05) is 23.7 Å². The SMILES string of the molecule is O=C(O)C1CC(=O)N(C2CCN(C(=O)c3ccccc3Cl)CC2)C1. The normalized spacial score (nSPS) is 22.0. The van der Waals surface area contributed by atoms with Gasteiger partial charge in [-0.2, -0.15) is 0 Å². The van der Waals surface area contributed by atoms with E-state index in [2.05, 4.69) is 0 Å². The third-order valence-electron chi connectivity index (χ3n) is 4.80. The molecule has 3 rings (SSSR count). The highest BCUT2D eigenvalue weighted by molar-refractivity contribution is 6.33. The van der Waals surface area contributed by atoms with Crippen LogP contribution >= 0.6 is 11.6 Å². The van der Waals surface area contributed by atoms with E-state index in [1.54, 1.807) is 34.1 Å². The zero-order valence-electron chi connectivity index (χ0n) is 13.2. The van der Waals surface area contributed by atoms with E-state index in [1.165, 1.54) is 0 Å². The summed E-state index contributed by atoms with van der Waals surface area (Å²) in [6.07, 6.45) is 1.40. The first-order valence-corrected chi connectivity index (χ1v) is 8.41. The van der Waals surface area contributed by atoms with Crippen LogP contribution in [0, 0.1) is 5.92 Å². The minimum atomic E-state index is -0.919. The minimum absolute atomic E-state index is 0.0112. The van der Waals surface area contributed by atoms with Gasteiger partial charge in [0, 0.05) is 32.1 Å². The zero-order valence-corrected chi connectivity index (χ0v) is 13.9. The van der Waals surface area contributed by atoms with Crippen molar-refractivity contribution in [3.05, 3.63) is 34.9 Å². The largest absolute Gasteiger partial charge is 0.481 e. The first kappa shape index (κ1) is 16.8. The topological polar surface area (TPSA) is 77.9 Å². The summed E-state index contributed by atoms with van der Waals surface area (Å²) in [7, 11) is 0. The third-order valence-corrected chi connectivity index (χ3v) is 5.13. The van der Waals surface area contributed by atoms with E-state index in [4.69, 9.17) is 16.7 Å². The second kappa shape index (κ2) is 6.81. The third kappa shape index (κ3) is 3.24. The van der Waals surface area contributed by atoms with E-state index in [1.807, 2.05) is 0 Å². The van der Waals surface area contributed by atoms with E-state index in [-0.39, 0.29) is 30.8 Å². The first-order valence-electron chi connectivity index (χ1n) is 8.03. The molecule has 1 unspecified atom stereocenters. The number of likely N-dealkylation sites (tertiary alicyclic amines) is 2. The number of hydrogen-bond acceptors (Lipinski definition) is 3. The van der Waals surface area contributed by atoms with Gasteiger partial charge in [-0.3, -0.25) is 14.4 Å². The lowest BCUT2D eigenvalue weighted by Crippen LogP contribution is -2.47. The molecule has 1 aromatic rings. The molecule has 0 bridgehead atoms. The van der Waals surface area contributed by atoms with Crippen LogP contribution in [0.2, 0.25) is 5.02 Å². The molecular weight excluding hydrogens is 332 g/mol. The van der Waals surface area contributed by atoms with Gasteiger partial charge in [0.05, 0.1) is 16.5 Å². The summed E-state index contributed by atoms with van der Waals surface area (Å²) in [4.78, 5) is 39.1. The van der Waals surface area contributed by atoms with Crippen molar-refractivity contribution in [3.8, 4) is 0 Å². The molecule has 2 amide bonds. The molecule has 24 heavy (non-hydrogen) atoms. The van der Waals surface area contributed by atoms with Crippen molar-refractivity contribution >= 4 is 29.4 Å². The summed E-state index contributed by atoms with van der Waals surface area (Å²) in [6.45, 7) is 1.35. The zero-order chi connectivity index (χ0) is 17.3. The molecule has 2 heterocycles. The van der Waals surface area contributed by atoms with Gasteiger partial charge in [0.1, 0.15) is 0 Å². The molecule has 1 aromatic carbocycles. The highest BCUT2D eigenvalue weighted by Gasteiger charge is 2.39. The summed E-state index contributed by atoms with van der Waals surface area (Å²) in [5.41, 5.74) is 0.487. The van der Waals surface area contributed by atoms with Crippen LogP contribution in [-0.4, -0.2) is 58.4 Å². The van der Waals surface area contributed by atoms with Gasteiger partial charge in [-0.25, -0.2) is 0 Å². The number of rotatable bonds is 3. The molecule has 2 saturated heterocycles. The Bertz CT molecular complexity index is 670. The van der Waals surface area contributed by atoms with Crippen LogP contribution in [0.5, 0.6) is 0 Å². The number of piperidine rings is 1. The van der Waals surface area contributed by atoms with E-state index in [9.17, 15) is 14.4 Å². The summed E-state index contributed by atoms with van der Waals surface area (Å²) in [5.74, 6) is -1.73. The molecule has 0 radical (unpaired) electrons. The Balaban J connectivity index is 1.60. The lowest BCUT2D eigenvalue weighted by atomic mass is 10.0. The quantitative estimate of drug-likeness (QED) is 0.902. The monoisotopic (exact) mass is 350 g/mol. The van der Waals surface area contributed by atoms with E-state index < -0.39 is 11.9 Å². The maximum Gasteiger partial charge on any atom is 0.308 e. The predicted molar refractivity (Wildman–Crippen MR) is 87.8 cm³/mol. The van der Waals surface area contributed by atoms with Crippen LogP contribution in [0.3, 0.4) is 0 Å². The molecule has 0 spiro atoms. The Morgan fingerprint density at radius 3 is 2.42 bits per heavy atom. The lowest BCUT2D eigenvalue weighted by Gasteiger charge is -2.37. The van der Waals surface area contributed by atoms with Gasteiger partial charge in [-0.05, 0) is 25.0 Å². The van der Waals surface area contributed by atoms with Crippen LogP contribution in [0.4, 0.5) is 0 Å².